The fourth-order valence-corrected chi connectivity index (χ4v) is 2.40. The Morgan fingerprint density at radius 2 is 1.95 bits per heavy atom. The Morgan fingerprint density at radius 1 is 1.21 bits per heavy atom. The van der Waals surface area contributed by atoms with E-state index in [-0.39, 0.29) is 6.04 Å². The number of benzene rings is 1. The van der Waals surface area contributed by atoms with Crippen LogP contribution >= 0.6 is 11.3 Å². The normalized spacial score (nSPS) is 12.2. The van der Waals surface area contributed by atoms with Crippen molar-refractivity contribution in [2.75, 3.05) is 13.2 Å². The van der Waals surface area contributed by atoms with Crippen molar-refractivity contribution in [2.24, 2.45) is 5.73 Å². The van der Waals surface area contributed by atoms with Gasteiger partial charge in [-0.3, -0.25) is 0 Å². The maximum Gasteiger partial charge on any atom is 0.161 e. The lowest BCUT2D eigenvalue weighted by atomic mass is 10.0. The third-order valence-electron chi connectivity index (χ3n) is 2.70. The number of hydrogen-bond acceptors (Lipinski definition) is 5. The molecule has 0 amide bonds. The van der Waals surface area contributed by atoms with Crippen molar-refractivity contribution >= 4 is 11.3 Å². The first-order valence-corrected chi connectivity index (χ1v) is 7.23. The van der Waals surface area contributed by atoms with Crippen LogP contribution in [0.15, 0.2) is 29.1 Å². The summed E-state index contributed by atoms with van der Waals surface area (Å²) in [5, 5.41) is 1.96. The van der Waals surface area contributed by atoms with Crippen LogP contribution in [0.3, 0.4) is 0 Å². The van der Waals surface area contributed by atoms with Gasteiger partial charge in [0.05, 0.1) is 30.5 Å². The van der Waals surface area contributed by atoms with Gasteiger partial charge >= 0.3 is 0 Å². The van der Waals surface area contributed by atoms with Crippen molar-refractivity contribution in [1.82, 2.24) is 4.98 Å². The van der Waals surface area contributed by atoms with Crippen molar-refractivity contribution in [2.45, 2.75) is 19.9 Å². The molecule has 0 aliphatic heterocycles. The third kappa shape index (κ3) is 3.24. The summed E-state index contributed by atoms with van der Waals surface area (Å²) in [5.41, 5.74) is 9.82. The zero-order valence-corrected chi connectivity index (χ0v) is 11.9. The minimum Gasteiger partial charge on any atom is -0.490 e. The molecule has 2 rings (SSSR count). The molecule has 1 aromatic carbocycles. The zero-order valence-electron chi connectivity index (χ0n) is 11.1. The molecule has 0 saturated heterocycles. The molecule has 2 aromatic rings. The summed E-state index contributed by atoms with van der Waals surface area (Å²) in [6, 6.07) is 5.55. The standard InChI is InChI=1S/C14H18N2O2S/c1-3-17-12-6-5-10(7-13(12)18-4-2)14(15)11-8-19-9-16-11/h5-9,14H,3-4,15H2,1-2H3. The van der Waals surface area contributed by atoms with Crippen molar-refractivity contribution in [1.29, 1.82) is 0 Å². The highest BCUT2D eigenvalue weighted by Gasteiger charge is 2.14. The molecule has 102 valence electrons. The Labute approximate surface area is 117 Å². The van der Waals surface area contributed by atoms with E-state index in [0.29, 0.717) is 13.2 Å². The summed E-state index contributed by atoms with van der Waals surface area (Å²) in [6.07, 6.45) is 0. The Bertz CT molecular complexity index is 514. The lowest BCUT2D eigenvalue weighted by Gasteiger charge is -2.15. The molecule has 5 heteroatoms. The third-order valence-corrected chi connectivity index (χ3v) is 3.30. The van der Waals surface area contributed by atoms with E-state index in [9.17, 15) is 0 Å². The van der Waals surface area contributed by atoms with Crippen molar-refractivity contribution < 1.29 is 9.47 Å². The number of nitrogens with two attached hydrogens (primary N) is 1. The number of ether oxygens (including phenoxy) is 2. The molecule has 1 aromatic heterocycles. The van der Waals surface area contributed by atoms with Gasteiger partial charge in [0.2, 0.25) is 0 Å². The molecule has 1 unspecified atom stereocenters. The highest BCUT2D eigenvalue weighted by molar-refractivity contribution is 7.07. The van der Waals surface area contributed by atoms with Crippen molar-refractivity contribution in [3.05, 3.63) is 40.3 Å². The number of thiazole rings is 1. The van der Waals surface area contributed by atoms with Crippen LogP contribution < -0.4 is 15.2 Å². The van der Waals surface area contributed by atoms with Crippen LogP contribution in [0.5, 0.6) is 11.5 Å². The summed E-state index contributed by atoms with van der Waals surface area (Å²) in [5.74, 6) is 1.48. The largest absolute Gasteiger partial charge is 0.490 e. The van der Waals surface area contributed by atoms with Gasteiger partial charge in [0.1, 0.15) is 0 Å². The van der Waals surface area contributed by atoms with Gasteiger partial charge in [0.25, 0.3) is 0 Å². The summed E-state index contributed by atoms with van der Waals surface area (Å²) in [7, 11) is 0. The predicted octanol–water partition coefficient (Wildman–Crippen LogP) is 2.99. The summed E-state index contributed by atoms with van der Waals surface area (Å²) >= 11 is 1.54. The van der Waals surface area contributed by atoms with Crippen LogP contribution in [0.25, 0.3) is 0 Å². The molecule has 0 radical (unpaired) electrons. The van der Waals surface area contributed by atoms with Gasteiger partial charge in [-0.05, 0) is 31.5 Å². The summed E-state index contributed by atoms with van der Waals surface area (Å²) < 4.78 is 11.1. The van der Waals surface area contributed by atoms with E-state index in [2.05, 4.69) is 4.98 Å². The molecule has 1 heterocycles. The monoisotopic (exact) mass is 278 g/mol. The van der Waals surface area contributed by atoms with Gasteiger partial charge in [0, 0.05) is 5.38 Å². The lowest BCUT2D eigenvalue weighted by molar-refractivity contribution is 0.287. The molecular weight excluding hydrogens is 260 g/mol. The number of hydrogen-bond donors (Lipinski definition) is 1. The quantitative estimate of drug-likeness (QED) is 0.882. The lowest BCUT2D eigenvalue weighted by Crippen LogP contribution is -2.12. The Balaban J connectivity index is 2.29. The van der Waals surface area contributed by atoms with Gasteiger partial charge in [-0.2, -0.15) is 0 Å². The fourth-order valence-electron chi connectivity index (χ4n) is 1.81. The average molecular weight is 278 g/mol. The molecule has 0 aliphatic carbocycles. The minimum absolute atomic E-state index is 0.235. The minimum atomic E-state index is -0.235. The molecular formula is C14H18N2O2S. The molecule has 0 spiro atoms. The van der Waals surface area contributed by atoms with Crippen molar-refractivity contribution in [3.8, 4) is 11.5 Å². The molecule has 0 bridgehead atoms. The smallest absolute Gasteiger partial charge is 0.161 e. The van der Waals surface area contributed by atoms with Crippen LogP contribution in [0.1, 0.15) is 31.1 Å². The second-order valence-electron chi connectivity index (χ2n) is 3.96. The first-order valence-electron chi connectivity index (χ1n) is 6.29. The van der Waals surface area contributed by atoms with Gasteiger partial charge in [-0.1, -0.05) is 6.07 Å². The molecule has 4 nitrogen and oxygen atoms in total. The highest BCUT2D eigenvalue weighted by Crippen LogP contribution is 2.31. The van der Waals surface area contributed by atoms with Gasteiger partial charge in [0.15, 0.2) is 11.5 Å². The maximum atomic E-state index is 6.20. The van der Waals surface area contributed by atoms with E-state index < -0.39 is 0 Å². The molecule has 1 atom stereocenters. The van der Waals surface area contributed by atoms with E-state index >= 15 is 0 Å². The second-order valence-corrected chi connectivity index (χ2v) is 4.68. The van der Waals surface area contributed by atoms with E-state index in [1.807, 2.05) is 37.4 Å². The van der Waals surface area contributed by atoms with Crippen LogP contribution in [0, 0.1) is 0 Å². The predicted molar refractivity (Wildman–Crippen MR) is 76.9 cm³/mol. The Kier molecular flexibility index (Phi) is 4.76. The maximum absolute atomic E-state index is 6.20. The van der Waals surface area contributed by atoms with E-state index in [4.69, 9.17) is 15.2 Å². The van der Waals surface area contributed by atoms with Crippen LogP contribution in [-0.2, 0) is 0 Å². The Morgan fingerprint density at radius 3 is 2.58 bits per heavy atom. The Hall–Kier alpha value is -1.59. The van der Waals surface area contributed by atoms with Crippen LogP contribution in [-0.4, -0.2) is 18.2 Å². The zero-order chi connectivity index (χ0) is 13.7. The van der Waals surface area contributed by atoms with Gasteiger partial charge in [-0.25, -0.2) is 4.98 Å². The summed E-state index contributed by atoms with van der Waals surface area (Å²) in [4.78, 5) is 4.25. The molecule has 19 heavy (non-hydrogen) atoms. The average Bonchev–Trinajstić information content (AvgIpc) is 2.94. The van der Waals surface area contributed by atoms with Gasteiger partial charge < -0.3 is 15.2 Å². The van der Waals surface area contributed by atoms with Gasteiger partial charge in [-0.15, -0.1) is 11.3 Å². The second kappa shape index (κ2) is 6.54. The summed E-state index contributed by atoms with van der Waals surface area (Å²) in [6.45, 7) is 5.10. The molecule has 0 fully saturated rings. The van der Waals surface area contributed by atoms with Crippen LogP contribution in [0.2, 0.25) is 0 Å². The SMILES string of the molecule is CCOc1ccc(C(N)c2cscn2)cc1OCC. The van der Waals surface area contributed by atoms with Crippen LogP contribution in [0.4, 0.5) is 0 Å². The topological polar surface area (TPSA) is 57.4 Å². The van der Waals surface area contributed by atoms with E-state index in [1.165, 1.54) is 0 Å². The van der Waals surface area contributed by atoms with E-state index in [1.54, 1.807) is 16.8 Å². The fraction of sp³-hybridized carbons (Fsp3) is 0.357. The van der Waals surface area contributed by atoms with E-state index in [0.717, 1.165) is 22.8 Å². The molecule has 2 N–H and O–H groups in total. The number of aromatic nitrogens is 1. The number of nitrogens with zero attached hydrogens (tertiary/aromatic N) is 1. The molecule has 0 aliphatic rings. The van der Waals surface area contributed by atoms with Crippen molar-refractivity contribution in [3.63, 3.8) is 0 Å². The first-order chi connectivity index (χ1) is 9.26. The highest BCUT2D eigenvalue weighted by atomic mass is 32.1. The molecule has 0 saturated carbocycles. The first kappa shape index (κ1) is 13.8. The number of rotatable bonds is 6.